The molecule has 1 aliphatic rings. The van der Waals surface area contributed by atoms with E-state index >= 15 is 0 Å². The molecule has 0 unspecified atom stereocenters. The van der Waals surface area contributed by atoms with Gasteiger partial charge in [-0.2, -0.15) is 0 Å². The van der Waals surface area contributed by atoms with Gasteiger partial charge in [-0.05, 0) is 27.2 Å². The molecule has 0 saturated carbocycles. The van der Waals surface area contributed by atoms with Crippen molar-refractivity contribution >= 4 is 15.9 Å². The topological polar surface area (TPSA) is 66.5 Å². The van der Waals surface area contributed by atoms with E-state index in [9.17, 15) is 13.2 Å². The number of hydrogen-bond acceptors (Lipinski definition) is 3. The minimum atomic E-state index is -3.24. The number of likely N-dealkylation sites (tertiary alicyclic amines) is 1. The van der Waals surface area contributed by atoms with E-state index in [1.54, 1.807) is 4.90 Å². The number of nitrogens with one attached hydrogen (secondary N) is 1. The first-order valence-electron chi connectivity index (χ1n) is 5.96. The first-order chi connectivity index (χ1) is 7.65. The standard InChI is InChI=1S/C11H22N2O3S/c1-5-6-17(15,16)12-9-7-10(14)13(8-9)11(2,3)4/h9,12H,5-8H2,1-4H3/t9-/m0/s1. The summed E-state index contributed by atoms with van der Waals surface area (Å²) >= 11 is 0. The third-order valence-corrected chi connectivity index (χ3v) is 4.39. The van der Waals surface area contributed by atoms with Gasteiger partial charge < -0.3 is 4.90 Å². The van der Waals surface area contributed by atoms with E-state index in [0.29, 0.717) is 13.0 Å². The highest BCUT2D eigenvalue weighted by molar-refractivity contribution is 7.89. The van der Waals surface area contributed by atoms with Gasteiger partial charge in [-0.15, -0.1) is 0 Å². The molecule has 1 heterocycles. The summed E-state index contributed by atoms with van der Waals surface area (Å²) in [5.41, 5.74) is -0.248. The van der Waals surface area contributed by atoms with Gasteiger partial charge in [-0.1, -0.05) is 6.92 Å². The predicted octanol–water partition coefficient (Wildman–Crippen LogP) is 0.715. The van der Waals surface area contributed by atoms with Gasteiger partial charge in [0, 0.05) is 24.5 Å². The van der Waals surface area contributed by atoms with Crippen LogP contribution in [0.1, 0.15) is 40.5 Å². The Morgan fingerprint density at radius 1 is 1.41 bits per heavy atom. The maximum atomic E-state index is 11.8. The number of carbonyl (C=O) groups is 1. The summed E-state index contributed by atoms with van der Waals surface area (Å²) in [5.74, 6) is 0.134. The molecule has 0 radical (unpaired) electrons. The van der Waals surface area contributed by atoms with Crippen LogP contribution in [-0.4, -0.2) is 43.1 Å². The third-order valence-electron chi connectivity index (χ3n) is 2.75. The van der Waals surface area contributed by atoms with Crippen molar-refractivity contribution in [2.24, 2.45) is 0 Å². The summed E-state index contributed by atoms with van der Waals surface area (Å²) < 4.78 is 25.8. The van der Waals surface area contributed by atoms with E-state index in [1.807, 2.05) is 27.7 Å². The summed E-state index contributed by atoms with van der Waals surface area (Å²) in [6, 6.07) is -0.279. The number of sulfonamides is 1. The summed E-state index contributed by atoms with van der Waals surface area (Å²) in [5, 5.41) is 0. The number of nitrogens with zero attached hydrogens (tertiary/aromatic N) is 1. The predicted molar refractivity (Wildman–Crippen MR) is 67.1 cm³/mol. The molecular formula is C11H22N2O3S. The van der Waals surface area contributed by atoms with Gasteiger partial charge in [0.05, 0.1) is 5.75 Å². The highest BCUT2D eigenvalue weighted by Gasteiger charge is 2.37. The van der Waals surface area contributed by atoms with Crippen molar-refractivity contribution in [3.05, 3.63) is 0 Å². The Morgan fingerprint density at radius 2 is 2.00 bits per heavy atom. The van der Waals surface area contributed by atoms with Crippen LogP contribution in [0.5, 0.6) is 0 Å². The van der Waals surface area contributed by atoms with Gasteiger partial charge in [0.15, 0.2) is 0 Å². The fourth-order valence-corrected chi connectivity index (χ4v) is 3.34. The minimum Gasteiger partial charge on any atom is -0.336 e. The average Bonchev–Trinajstić information content (AvgIpc) is 2.44. The van der Waals surface area contributed by atoms with Gasteiger partial charge in [-0.25, -0.2) is 13.1 Å². The van der Waals surface area contributed by atoms with Crippen molar-refractivity contribution in [1.29, 1.82) is 0 Å². The highest BCUT2D eigenvalue weighted by Crippen LogP contribution is 2.22. The Labute approximate surface area is 104 Å². The molecule has 1 amide bonds. The maximum Gasteiger partial charge on any atom is 0.224 e. The number of hydrogen-bond donors (Lipinski definition) is 1. The molecule has 1 rings (SSSR count). The van der Waals surface area contributed by atoms with Gasteiger partial charge in [-0.3, -0.25) is 4.79 Å². The Bertz CT molecular complexity index is 384. The van der Waals surface area contributed by atoms with Crippen molar-refractivity contribution in [2.75, 3.05) is 12.3 Å². The molecule has 1 atom stereocenters. The largest absolute Gasteiger partial charge is 0.336 e. The lowest BCUT2D eigenvalue weighted by molar-refractivity contribution is -0.131. The van der Waals surface area contributed by atoms with Crippen molar-refractivity contribution < 1.29 is 13.2 Å². The van der Waals surface area contributed by atoms with Gasteiger partial charge in [0.1, 0.15) is 0 Å². The van der Waals surface area contributed by atoms with E-state index in [0.717, 1.165) is 0 Å². The van der Waals surface area contributed by atoms with Crippen LogP contribution in [-0.2, 0) is 14.8 Å². The first-order valence-corrected chi connectivity index (χ1v) is 7.61. The van der Waals surface area contributed by atoms with Crippen LogP contribution in [0.4, 0.5) is 0 Å². The van der Waals surface area contributed by atoms with Crippen molar-refractivity contribution in [3.8, 4) is 0 Å². The zero-order chi connectivity index (χ0) is 13.3. The third kappa shape index (κ3) is 3.96. The van der Waals surface area contributed by atoms with Crippen LogP contribution >= 0.6 is 0 Å². The van der Waals surface area contributed by atoms with Crippen LogP contribution in [0.2, 0.25) is 0 Å². The van der Waals surface area contributed by atoms with Gasteiger partial charge >= 0.3 is 0 Å². The van der Waals surface area contributed by atoms with Crippen LogP contribution in [0.15, 0.2) is 0 Å². The summed E-state index contributed by atoms with van der Waals surface area (Å²) in [6.07, 6.45) is 0.846. The fraction of sp³-hybridized carbons (Fsp3) is 0.909. The second-order valence-electron chi connectivity index (χ2n) is 5.51. The minimum absolute atomic E-state index is 0.0155. The molecule has 1 aliphatic heterocycles. The summed E-state index contributed by atoms with van der Waals surface area (Å²) in [6.45, 7) is 8.14. The van der Waals surface area contributed by atoms with Crippen molar-refractivity contribution in [3.63, 3.8) is 0 Å². The van der Waals surface area contributed by atoms with Crippen LogP contribution in [0.3, 0.4) is 0 Å². The molecule has 1 N–H and O–H groups in total. The normalized spacial score (nSPS) is 22.2. The number of rotatable bonds is 4. The lowest BCUT2D eigenvalue weighted by Crippen LogP contribution is -2.44. The van der Waals surface area contributed by atoms with Gasteiger partial charge in [0.2, 0.25) is 15.9 Å². The number of carbonyl (C=O) groups excluding carboxylic acids is 1. The Balaban J connectivity index is 2.65. The van der Waals surface area contributed by atoms with E-state index in [-0.39, 0.29) is 29.7 Å². The highest BCUT2D eigenvalue weighted by atomic mass is 32.2. The van der Waals surface area contributed by atoms with Crippen LogP contribution in [0, 0.1) is 0 Å². The molecule has 0 aromatic heterocycles. The Hall–Kier alpha value is -0.620. The zero-order valence-corrected chi connectivity index (χ0v) is 11.8. The lowest BCUT2D eigenvalue weighted by Gasteiger charge is -2.32. The maximum absolute atomic E-state index is 11.8. The number of amides is 1. The van der Waals surface area contributed by atoms with E-state index in [2.05, 4.69) is 4.72 Å². The molecule has 0 bridgehead atoms. The monoisotopic (exact) mass is 262 g/mol. The molecule has 100 valence electrons. The van der Waals surface area contributed by atoms with Crippen LogP contribution < -0.4 is 4.72 Å². The smallest absolute Gasteiger partial charge is 0.224 e. The molecule has 0 spiro atoms. The molecule has 1 fully saturated rings. The zero-order valence-electron chi connectivity index (χ0n) is 11.0. The van der Waals surface area contributed by atoms with Gasteiger partial charge in [0.25, 0.3) is 0 Å². The summed E-state index contributed by atoms with van der Waals surface area (Å²) in [7, 11) is -3.24. The average molecular weight is 262 g/mol. The van der Waals surface area contributed by atoms with E-state index < -0.39 is 10.0 Å². The first kappa shape index (κ1) is 14.4. The molecular weight excluding hydrogens is 240 g/mol. The van der Waals surface area contributed by atoms with Crippen molar-refractivity contribution in [1.82, 2.24) is 9.62 Å². The van der Waals surface area contributed by atoms with E-state index in [1.165, 1.54) is 0 Å². The van der Waals surface area contributed by atoms with E-state index in [4.69, 9.17) is 0 Å². The molecule has 0 aromatic carbocycles. The Kier molecular flexibility index (Phi) is 4.19. The molecule has 17 heavy (non-hydrogen) atoms. The quantitative estimate of drug-likeness (QED) is 0.811. The van der Waals surface area contributed by atoms with Crippen LogP contribution in [0.25, 0.3) is 0 Å². The fourth-order valence-electron chi connectivity index (χ4n) is 2.02. The Morgan fingerprint density at radius 3 is 2.41 bits per heavy atom. The molecule has 0 aliphatic carbocycles. The van der Waals surface area contributed by atoms with Crippen molar-refractivity contribution in [2.45, 2.75) is 52.1 Å². The lowest BCUT2D eigenvalue weighted by atomic mass is 10.1. The second kappa shape index (κ2) is 4.94. The molecule has 5 nitrogen and oxygen atoms in total. The SMILES string of the molecule is CCCS(=O)(=O)N[C@H]1CC(=O)N(C(C)(C)C)C1. The summed E-state index contributed by atoms with van der Waals surface area (Å²) in [4.78, 5) is 13.5. The molecule has 0 aromatic rings. The molecule has 6 heteroatoms. The second-order valence-corrected chi connectivity index (χ2v) is 7.39. The molecule has 1 saturated heterocycles.